The largest absolute Gasteiger partial charge is 0.496 e. The molecule has 9 nitrogen and oxygen atoms in total. The normalized spacial score (nSPS) is 16.2. The number of para-hydroxylation sites is 1. The Kier molecular flexibility index (Phi) is 5.43. The Morgan fingerprint density at radius 1 is 1.25 bits per heavy atom. The van der Waals surface area contributed by atoms with Crippen LogP contribution in [-0.4, -0.2) is 52.1 Å². The minimum atomic E-state index is -4.19. The van der Waals surface area contributed by atoms with Gasteiger partial charge >= 0.3 is 0 Å². The average molecular weight is 407 g/mol. The summed E-state index contributed by atoms with van der Waals surface area (Å²) in [6.45, 7) is 0.382. The number of fused-ring (bicyclic) bond motifs is 1. The van der Waals surface area contributed by atoms with Crippen molar-refractivity contribution in [1.29, 1.82) is 0 Å². The number of methoxy groups -OCH3 is 1. The number of sulfonamides is 1. The number of hydrogen-bond acceptors (Lipinski definition) is 7. The standard InChI is InChI=1S/C18H21N3O6S/c1-20(2)12-10-13-16(26-3)9-8-14(18(13)27-11-12)19-28(24,25)17-7-5-4-6-15(17)21(22)23/h4-9,12,19H,10-11H2,1-3H3/t12-/m1/s1. The number of likely N-dealkylation sites (N-methyl/N-ethyl adjacent to an activating group) is 1. The first-order chi connectivity index (χ1) is 13.2. The molecular weight excluding hydrogens is 386 g/mol. The molecule has 0 radical (unpaired) electrons. The summed E-state index contributed by atoms with van der Waals surface area (Å²) in [6, 6.07) is 8.48. The summed E-state index contributed by atoms with van der Waals surface area (Å²) in [4.78, 5) is 12.1. The van der Waals surface area contributed by atoms with Gasteiger partial charge in [0, 0.05) is 17.7 Å². The van der Waals surface area contributed by atoms with Gasteiger partial charge in [-0.2, -0.15) is 0 Å². The first-order valence-electron chi connectivity index (χ1n) is 8.50. The van der Waals surface area contributed by atoms with Gasteiger partial charge in [-0.1, -0.05) is 12.1 Å². The van der Waals surface area contributed by atoms with E-state index < -0.39 is 25.5 Å². The fourth-order valence-electron chi connectivity index (χ4n) is 3.08. The summed E-state index contributed by atoms with van der Waals surface area (Å²) in [6.07, 6.45) is 0.618. The fourth-order valence-corrected chi connectivity index (χ4v) is 4.32. The van der Waals surface area contributed by atoms with Crippen LogP contribution in [0.15, 0.2) is 41.3 Å². The highest BCUT2D eigenvalue weighted by atomic mass is 32.2. The summed E-state index contributed by atoms with van der Waals surface area (Å²) in [7, 11) is 1.21. The minimum absolute atomic E-state index is 0.114. The van der Waals surface area contributed by atoms with Crippen LogP contribution in [-0.2, 0) is 16.4 Å². The molecule has 0 aromatic heterocycles. The highest BCUT2D eigenvalue weighted by molar-refractivity contribution is 7.92. The Morgan fingerprint density at radius 3 is 2.61 bits per heavy atom. The summed E-state index contributed by atoms with van der Waals surface area (Å²) >= 11 is 0. The Morgan fingerprint density at radius 2 is 1.96 bits per heavy atom. The first kappa shape index (κ1) is 19.9. The topological polar surface area (TPSA) is 111 Å². The number of benzene rings is 2. The molecule has 2 aromatic carbocycles. The average Bonchev–Trinajstić information content (AvgIpc) is 2.67. The van der Waals surface area contributed by atoms with E-state index >= 15 is 0 Å². The lowest BCUT2D eigenvalue weighted by Crippen LogP contribution is -2.38. The SMILES string of the molecule is COc1ccc(NS(=O)(=O)c2ccccc2[N+](=O)[O-])c2c1C[C@@H](N(C)C)CO2. The van der Waals surface area contributed by atoms with Crippen LogP contribution >= 0.6 is 0 Å². The molecule has 1 aliphatic rings. The smallest absolute Gasteiger partial charge is 0.289 e. The molecule has 0 unspecified atom stereocenters. The molecule has 0 spiro atoms. The number of nitrogens with one attached hydrogen (secondary N) is 1. The molecule has 150 valence electrons. The van der Waals surface area contributed by atoms with Crippen molar-refractivity contribution < 1.29 is 22.8 Å². The van der Waals surface area contributed by atoms with Gasteiger partial charge in [-0.05, 0) is 38.7 Å². The van der Waals surface area contributed by atoms with Crippen molar-refractivity contribution in [2.24, 2.45) is 0 Å². The van der Waals surface area contributed by atoms with Gasteiger partial charge in [0.05, 0.1) is 17.7 Å². The van der Waals surface area contributed by atoms with Crippen molar-refractivity contribution in [3.05, 3.63) is 52.1 Å². The van der Waals surface area contributed by atoms with E-state index in [1.165, 1.54) is 31.4 Å². The first-order valence-corrected chi connectivity index (χ1v) is 9.98. The van der Waals surface area contributed by atoms with E-state index in [1.807, 2.05) is 19.0 Å². The molecule has 0 saturated heterocycles. The van der Waals surface area contributed by atoms with Gasteiger partial charge in [-0.3, -0.25) is 14.8 Å². The number of anilines is 1. The zero-order valence-electron chi connectivity index (χ0n) is 15.7. The van der Waals surface area contributed by atoms with Crippen LogP contribution in [0.2, 0.25) is 0 Å². The number of ether oxygens (including phenoxy) is 2. The van der Waals surface area contributed by atoms with Crippen LogP contribution in [0.1, 0.15) is 5.56 Å². The Balaban J connectivity index is 2.02. The fraction of sp³-hybridized carbons (Fsp3) is 0.333. The summed E-state index contributed by atoms with van der Waals surface area (Å²) in [5.41, 5.74) is 0.465. The van der Waals surface area contributed by atoms with Crippen LogP contribution < -0.4 is 14.2 Å². The number of nitrogens with zero attached hydrogens (tertiary/aromatic N) is 2. The molecule has 0 amide bonds. The van der Waals surface area contributed by atoms with E-state index in [1.54, 1.807) is 6.07 Å². The van der Waals surface area contributed by atoms with Gasteiger partial charge < -0.3 is 14.4 Å². The molecule has 1 aliphatic heterocycles. The van der Waals surface area contributed by atoms with Gasteiger partial charge in [0.1, 0.15) is 18.1 Å². The minimum Gasteiger partial charge on any atom is -0.496 e. The quantitative estimate of drug-likeness (QED) is 0.577. The molecule has 0 saturated carbocycles. The third-order valence-electron chi connectivity index (χ3n) is 4.62. The molecule has 0 bridgehead atoms. The zero-order chi connectivity index (χ0) is 20.5. The van der Waals surface area contributed by atoms with Crippen molar-refractivity contribution in [2.45, 2.75) is 17.4 Å². The van der Waals surface area contributed by atoms with Crippen LogP contribution in [0.5, 0.6) is 11.5 Å². The molecule has 28 heavy (non-hydrogen) atoms. The van der Waals surface area contributed by atoms with E-state index in [0.29, 0.717) is 24.5 Å². The molecule has 3 rings (SSSR count). The van der Waals surface area contributed by atoms with Crippen LogP contribution in [0.4, 0.5) is 11.4 Å². The van der Waals surface area contributed by atoms with E-state index in [9.17, 15) is 18.5 Å². The summed E-state index contributed by atoms with van der Waals surface area (Å²) < 4.78 is 39.3. The van der Waals surface area contributed by atoms with E-state index in [0.717, 1.165) is 11.6 Å². The Bertz CT molecular complexity index is 1010. The summed E-state index contributed by atoms with van der Waals surface area (Å²) in [5, 5.41) is 11.2. The molecule has 1 heterocycles. The second kappa shape index (κ2) is 7.64. The molecule has 1 N–H and O–H groups in total. The van der Waals surface area contributed by atoms with Crippen molar-refractivity contribution >= 4 is 21.4 Å². The van der Waals surface area contributed by atoms with E-state index in [-0.39, 0.29) is 11.7 Å². The molecule has 0 fully saturated rings. The predicted octanol–water partition coefficient (Wildman–Crippen LogP) is 2.27. The number of hydrogen-bond donors (Lipinski definition) is 1. The third-order valence-corrected chi connectivity index (χ3v) is 6.04. The molecular formula is C18H21N3O6S. The lowest BCUT2D eigenvalue weighted by molar-refractivity contribution is -0.387. The predicted molar refractivity (Wildman–Crippen MR) is 104 cm³/mol. The molecule has 0 aliphatic carbocycles. The highest BCUT2D eigenvalue weighted by Crippen LogP contribution is 2.41. The Hall–Kier alpha value is -2.85. The van der Waals surface area contributed by atoms with Gasteiger partial charge in [0.2, 0.25) is 0 Å². The van der Waals surface area contributed by atoms with Gasteiger partial charge in [0.25, 0.3) is 15.7 Å². The maximum absolute atomic E-state index is 12.8. The monoisotopic (exact) mass is 407 g/mol. The van der Waals surface area contributed by atoms with Gasteiger partial charge in [-0.15, -0.1) is 0 Å². The number of rotatable bonds is 6. The van der Waals surface area contributed by atoms with Gasteiger partial charge in [0.15, 0.2) is 4.90 Å². The van der Waals surface area contributed by atoms with E-state index in [4.69, 9.17) is 9.47 Å². The highest BCUT2D eigenvalue weighted by Gasteiger charge is 2.30. The Labute approximate surface area is 163 Å². The molecule has 1 atom stereocenters. The van der Waals surface area contributed by atoms with Crippen LogP contribution in [0.3, 0.4) is 0 Å². The van der Waals surface area contributed by atoms with Crippen molar-refractivity contribution in [3.8, 4) is 11.5 Å². The zero-order valence-corrected chi connectivity index (χ0v) is 16.5. The lowest BCUT2D eigenvalue weighted by Gasteiger charge is -2.32. The van der Waals surface area contributed by atoms with Crippen molar-refractivity contribution in [2.75, 3.05) is 32.5 Å². The molecule has 10 heteroatoms. The number of nitro benzene ring substituents is 1. The number of nitro groups is 1. The maximum atomic E-state index is 12.8. The third kappa shape index (κ3) is 3.73. The second-order valence-corrected chi connectivity index (χ2v) is 8.24. The van der Waals surface area contributed by atoms with Crippen molar-refractivity contribution in [3.63, 3.8) is 0 Å². The van der Waals surface area contributed by atoms with Crippen molar-refractivity contribution in [1.82, 2.24) is 4.90 Å². The maximum Gasteiger partial charge on any atom is 0.289 e. The van der Waals surface area contributed by atoms with Crippen LogP contribution in [0.25, 0.3) is 0 Å². The summed E-state index contributed by atoms with van der Waals surface area (Å²) in [5.74, 6) is 0.967. The van der Waals surface area contributed by atoms with E-state index in [2.05, 4.69) is 4.72 Å². The van der Waals surface area contributed by atoms with Gasteiger partial charge in [-0.25, -0.2) is 8.42 Å². The lowest BCUT2D eigenvalue weighted by atomic mass is 10.00. The second-order valence-electron chi connectivity index (χ2n) is 6.59. The van der Waals surface area contributed by atoms with Crippen LogP contribution in [0, 0.1) is 10.1 Å². The molecule has 2 aromatic rings.